The summed E-state index contributed by atoms with van der Waals surface area (Å²) in [6.45, 7) is 17.5. The Balaban J connectivity index is 1.63. The summed E-state index contributed by atoms with van der Waals surface area (Å²) in [4.78, 5) is 23.5. The average Bonchev–Trinajstić information content (AvgIpc) is 3.30. The number of fused-ring (bicyclic) bond motifs is 2. The Hall–Kier alpha value is -3.67. The summed E-state index contributed by atoms with van der Waals surface area (Å²) < 4.78 is 12.3. The first kappa shape index (κ1) is 32.2. The van der Waals surface area contributed by atoms with Crippen molar-refractivity contribution in [1.29, 1.82) is 0 Å². The molecule has 2 heterocycles. The SMILES string of the molecule is Cc1ccc2c(c1)C(C)(C)C(/C=C\C=C1\N(CCCCCOC=O)c3ccc(C)cc3C1(C)C)=[N+]2CCCCCOC=O. The van der Waals surface area contributed by atoms with Gasteiger partial charge in [-0.2, -0.15) is 4.58 Å². The van der Waals surface area contributed by atoms with E-state index in [4.69, 9.17) is 9.47 Å². The molecule has 0 N–H and O–H groups in total. The van der Waals surface area contributed by atoms with Crippen LogP contribution in [0.1, 0.15) is 88.5 Å². The maximum atomic E-state index is 10.5. The van der Waals surface area contributed by atoms with Gasteiger partial charge in [-0.1, -0.05) is 49.2 Å². The van der Waals surface area contributed by atoms with Crippen LogP contribution in [0.2, 0.25) is 0 Å². The van der Waals surface area contributed by atoms with E-state index in [1.807, 2.05) is 0 Å². The zero-order chi connectivity index (χ0) is 31.0. The summed E-state index contributed by atoms with van der Waals surface area (Å²) in [5.41, 5.74) is 10.2. The van der Waals surface area contributed by atoms with Crippen LogP contribution in [0.15, 0.2) is 60.3 Å². The second-order valence-corrected chi connectivity index (χ2v) is 12.9. The molecule has 0 fully saturated rings. The molecule has 0 spiro atoms. The zero-order valence-electron chi connectivity index (χ0n) is 26.9. The summed E-state index contributed by atoms with van der Waals surface area (Å²) >= 11 is 0. The molecule has 0 amide bonds. The Morgan fingerprint density at radius 3 is 2.07 bits per heavy atom. The number of nitrogens with zero attached hydrogens (tertiary/aromatic N) is 2. The lowest BCUT2D eigenvalue weighted by molar-refractivity contribution is -0.438. The average molecular weight is 586 g/mol. The maximum absolute atomic E-state index is 10.5. The first-order chi connectivity index (χ1) is 20.6. The van der Waals surface area contributed by atoms with Gasteiger partial charge in [-0.3, -0.25) is 9.59 Å². The summed E-state index contributed by atoms with van der Waals surface area (Å²) in [5, 5.41) is 0. The maximum Gasteiger partial charge on any atom is 0.293 e. The van der Waals surface area contributed by atoms with Crippen molar-refractivity contribution in [2.45, 2.75) is 90.9 Å². The molecule has 0 aromatic heterocycles. The fourth-order valence-corrected chi connectivity index (χ4v) is 6.65. The lowest BCUT2D eigenvalue weighted by Crippen LogP contribution is -2.28. The summed E-state index contributed by atoms with van der Waals surface area (Å²) in [6, 6.07) is 13.6. The Morgan fingerprint density at radius 2 is 1.40 bits per heavy atom. The first-order valence-corrected chi connectivity index (χ1v) is 15.8. The van der Waals surface area contributed by atoms with Crippen LogP contribution in [-0.4, -0.2) is 49.5 Å². The third-order valence-corrected chi connectivity index (χ3v) is 9.03. The van der Waals surface area contributed by atoms with Crippen LogP contribution in [0, 0.1) is 13.8 Å². The predicted molar refractivity (Wildman–Crippen MR) is 175 cm³/mol. The number of unbranched alkanes of at least 4 members (excludes halogenated alkanes) is 4. The van der Waals surface area contributed by atoms with Gasteiger partial charge in [0.2, 0.25) is 5.69 Å². The largest absolute Gasteiger partial charge is 0.468 e. The van der Waals surface area contributed by atoms with Crippen LogP contribution in [-0.2, 0) is 29.9 Å². The molecule has 2 aromatic carbocycles. The lowest BCUT2D eigenvalue weighted by atomic mass is 9.80. The van der Waals surface area contributed by atoms with Gasteiger partial charge in [-0.25, -0.2) is 0 Å². The molecule has 0 saturated carbocycles. The highest BCUT2D eigenvalue weighted by Gasteiger charge is 2.44. The van der Waals surface area contributed by atoms with Crippen LogP contribution in [0.5, 0.6) is 0 Å². The highest BCUT2D eigenvalue weighted by atomic mass is 16.5. The number of allylic oxidation sites excluding steroid dienone is 4. The number of benzene rings is 2. The summed E-state index contributed by atoms with van der Waals surface area (Å²) in [7, 11) is 0. The minimum atomic E-state index is -0.120. The van der Waals surface area contributed by atoms with Gasteiger partial charge in [0, 0.05) is 47.5 Å². The molecule has 43 heavy (non-hydrogen) atoms. The Bertz CT molecular complexity index is 1400. The first-order valence-electron chi connectivity index (χ1n) is 15.8. The molecule has 230 valence electrons. The number of anilines is 1. The van der Waals surface area contributed by atoms with Crippen LogP contribution in [0.4, 0.5) is 11.4 Å². The fourth-order valence-electron chi connectivity index (χ4n) is 6.65. The van der Waals surface area contributed by atoms with Gasteiger partial charge in [0.25, 0.3) is 12.9 Å². The van der Waals surface area contributed by atoms with Gasteiger partial charge in [0.05, 0.1) is 18.6 Å². The van der Waals surface area contributed by atoms with Crippen molar-refractivity contribution in [3.8, 4) is 0 Å². The molecular weight excluding hydrogens is 536 g/mol. The Kier molecular flexibility index (Phi) is 10.6. The van der Waals surface area contributed by atoms with E-state index in [0.29, 0.717) is 26.2 Å². The molecule has 0 unspecified atom stereocenters. The van der Waals surface area contributed by atoms with Crippen LogP contribution in [0.25, 0.3) is 0 Å². The highest BCUT2D eigenvalue weighted by Crippen LogP contribution is 2.48. The molecule has 2 aliphatic rings. The molecule has 0 saturated heterocycles. The summed E-state index contributed by atoms with van der Waals surface area (Å²) in [5.74, 6) is 0. The summed E-state index contributed by atoms with van der Waals surface area (Å²) in [6.07, 6.45) is 12.7. The molecule has 0 atom stereocenters. The van der Waals surface area contributed by atoms with Crippen LogP contribution in [0.3, 0.4) is 0 Å². The van der Waals surface area contributed by atoms with Crippen molar-refractivity contribution in [3.05, 3.63) is 82.6 Å². The van der Waals surface area contributed by atoms with E-state index >= 15 is 0 Å². The number of carbonyl (C=O) groups excluding carboxylic acids is 2. The predicted octanol–water partition coefficient (Wildman–Crippen LogP) is 7.60. The fraction of sp³-hybridized carbons (Fsp3) is 0.486. The van der Waals surface area contributed by atoms with Crippen molar-refractivity contribution >= 4 is 30.0 Å². The van der Waals surface area contributed by atoms with Gasteiger partial charge < -0.3 is 14.4 Å². The molecule has 4 rings (SSSR count). The molecule has 2 aromatic rings. The van der Waals surface area contributed by atoms with Crippen LogP contribution < -0.4 is 4.90 Å². The van der Waals surface area contributed by atoms with Gasteiger partial charge in [-0.05, 0) is 83.6 Å². The van der Waals surface area contributed by atoms with E-state index in [-0.39, 0.29) is 10.8 Å². The smallest absolute Gasteiger partial charge is 0.293 e. The number of hydrogen-bond donors (Lipinski definition) is 0. The minimum absolute atomic E-state index is 0.120. The van der Waals surface area contributed by atoms with Crippen LogP contribution >= 0.6 is 0 Å². The van der Waals surface area contributed by atoms with E-state index in [1.165, 1.54) is 45.0 Å². The lowest BCUT2D eigenvalue weighted by Gasteiger charge is -2.27. The van der Waals surface area contributed by atoms with Gasteiger partial charge in [-0.15, -0.1) is 0 Å². The molecule has 0 bridgehead atoms. The molecule has 6 nitrogen and oxygen atoms in total. The second kappa shape index (κ2) is 14.2. The third kappa shape index (κ3) is 7.11. The van der Waals surface area contributed by atoms with E-state index in [1.54, 1.807) is 0 Å². The van der Waals surface area contributed by atoms with Crippen molar-refractivity contribution in [3.63, 3.8) is 0 Å². The molecule has 0 aliphatic carbocycles. The van der Waals surface area contributed by atoms with E-state index in [0.717, 1.165) is 51.6 Å². The van der Waals surface area contributed by atoms with E-state index in [2.05, 4.69) is 106 Å². The van der Waals surface area contributed by atoms with Gasteiger partial charge >= 0.3 is 0 Å². The van der Waals surface area contributed by atoms with Crippen molar-refractivity contribution in [1.82, 2.24) is 0 Å². The topological polar surface area (TPSA) is 58.9 Å². The van der Waals surface area contributed by atoms with E-state index < -0.39 is 0 Å². The Labute approximate surface area is 258 Å². The molecule has 6 heteroatoms. The third-order valence-electron chi connectivity index (χ3n) is 9.03. The van der Waals surface area contributed by atoms with Gasteiger partial charge in [0.1, 0.15) is 6.54 Å². The number of rotatable bonds is 16. The number of aryl methyl sites for hydroxylation is 2. The standard InChI is InChI=1S/C37H49N2O4/c1-28-16-18-32-30(24-28)36(3,4)34(38(32)20-9-7-11-22-42-26-40)14-13-15-35-37(5,6)31-25-29(2)17-19-33(31)39(35)21-10-8-12-23-43-27-41/h13-19,24-27H,7-12,20-23H2,1-6H3/q+1. The number of ether oxygens (including phenoxy) is 2. The Morgan fingerprint density at radius 1 is 0.767 bits per heavy atom. The highest BCUT2D eigenvalue weighted by molar-refractivity contribution is 6.03. The normalized spacial score (nSPS) is 17.4. The molecule has 2 aliphatic heterocycles. The number of hydrogen-bond acceptors (Lipinski definition) is 5. The van der Waals surface area contributed by atoms with Gasteiger partial charge in [0.15, 0.2) is 5.71 Å². The number of carbonyl (C=O) groups is 2. The van der Waals surface area contributed by atoms with Crippen molar-refractivity contribution in [2.24, 2.45) is 0 Å². The van der Waals surface area contributed by atoms with Crippen molar-refractivity contribution < 1.29 is 23.6 Å². The van der Waals surface area contributed by atoms with E-state index in [9.17, 15) is 9.59 Å². The quantitative estimate of drug-likeness (QED) is 0.115. The second-order valence-electron chi connectivity index (χ2n) is 12.9. The monoisotopic (exact) mass is 585 g/mol. The zero-order valence-corrected chi connectivity index (χ0v) is 26.9. The minimum Gasteiger partial charge on any atom is -0.468 e. The molecule has 0 radical (unpaired) electrons. The van der Waals surface area contributed by atoms with Crippen molar-refractivity contribution in [2.75, 3.05) is 31.2 Å². The molecular formula is C37H49N2O4+.